The Hall–Kier alpha value is -3.05. The highest BCUT2D eigenvalue weighted by Crippen LogP contribution is 2.32. The number of carboxylic acids is 1. The third kappa shape index (κ3) is 3.82. The van der Waals surface area contributed by atoms with Crippen LogP contribution in [0.2, 0.25) is 0 Å². The first kappa shape index (κ1) is 24.1. The van der Waals surface area contributed by atoms with Crippen molar-refractivity contribution in [1.82, 2.24) is 25.2 Å². The molecule has 1 fully saturated rings. The number of carbonyl (C=O) groups excluding carboxylic acids is 1. The maximum Gasteiger partial charge on any atom is 0.337 e. The molecule has 1 saturated heterocycles. The number of amidine groups is 1. The summed E-state index contributed by atoms with van der Waals surface area (Å²) in [6.07, 6.45) is 0.652. The van der Waals surface area contributed by atoms with Gasteiger partial charge in [-0.2, -0.15) is 0 Å². The Morgan fingerprint density at radius 1 is 1.12 bits per heavy atom. The number of carbonyl (C=O) groups is 2. The molecule has 2 aliphatic heterocycles. The number of nitrogens with one attached hydrogen (secondary N) is 2. The molecule has 34 heavy (non-hydrogen) atoms. The van der Waals surface area contributed by atoms with E-state index < -0.39 is 12.1 Å². The second kappa shape index (κ2) is 9.67. The van der Waals surface area contributed by atoms with Crippen LogP contribution in [0.25, 0.3) is 10.9 Å². The van der Waals surface area contributed by atoms with Gasteiger partial charge in [0.25, 0.3) is 5.56 Å². The highest BCUT2D eigenvalue weighted by atomic mass is 32.2. The minimum absolute atomic E-state index is 0.0375. The molecule has 2 unspecified atom stereocenters. The molecule has 2 aliphatic rings. The Balaban J connectivity index is 1.85. The number of nitrogens with zero attached hydrogens (tertiary/aromatic N) is 4. The highest BCUT2D eigenvalue weighted by Gasteiger charge is 2.46. The smallest absolute Gasteiger partial charge is 0.337 e. The van der Waals surface area contributed by atoms with Gasteiger partial charge in [0, 0.05) is 24.5 Å². The summed E-state index contributed by atoms with van der Waals surface area (Å²) in [4.78, 5) is 47.0. The minimum Gasteiger partial charge on any atom is -0.478 e. The molecule has 4 rings (SSSR count). The van der Waals surface area contributed by atoms with Gasteiger partial charge in [-0.05, 0) is 44.5 Å². The SMILES string of the molecule is CCC(CC)n1c(=O)c(SC2=NC3C(NN2)N(CC)C(=O)N3CC)c(C(=O)O)c2ccccc21. The van der Waals surface area contributed by atoms with E-state index >= 15 is 0 Å². The molecule has 2 atom stereocenters. The quantitative estimate of drug-likeness (QED) is 0.550. The molecule has 0 saturated carbocycles. The minimum atomic E-state index is -1.17. The van der Waals surface area contributed by atoms with Crippen molar-refractivity contribution in [2.24, 2.45) is 4.99 Å². The number of carboxylic acid groups (broad SMARTS) is 1. The van der Waals surface area contributed by atoms with E-state index in [0.29, 0.717) is 29.2 Å². The summed E-state index contributed by atoms with van der Waals surface area (Å²) in [7, 11) is 0. The third-order valence-electron chi connectivity index (χ3n) is 6.48. The summed E-state index contributed by atoms with van der Waals surface area (Å²) in [5, 5.41) is 10.9. The van der Waals surface area contributed by atoms with Crippen molar-refractivity contribution >= 4 is 39.8 Å². The van der Waals surface area contributed by atoms with Gasteiger partial charge in [-0.3, -0.25) is 15.1 Å². The summed E-state index contributed by atoms with van der Waals surface area (Å²) in [5.41, 5.74) is 6.32. The van der Waals surface area contributed by atoms with Crippen molar-refractivity contribution in [2.75, 3.05) is 13.1 Å². The van der Waals surface area contributed by atoms with Gasteiger partial charge in [-0.1, -0.05) is 32.0 Å². The Morgan fingerprint density at radius 3 is 2.41 bits per heavy atom. The predicted octanol–water partition coefficient (Wildman–Crippen LogP) is 3.05. The first-order valence-electron chi connectivity index (χ1n) is 11.6. The fourth-order valence-corrected chi connectivity index (χ4v) is 5.73. The van der Waals surface area contributed by atoms with Crippen molar-refractivity contribution in [3.05, 3.63) is 40.2 Å². The average Bonchev–Trinajstić information content (AvgIpc) is 3.11. The number of aliphatic imine (C=N–C) groups is 1. The second-order valence-corrected chi connectivity index (χ2v) is 9.19. The fraction of sp³-hybridized carbons (Fsp3) is 0.478. The van der Waals surface area contributed by atoms with E-state index in [-0.39, 0.29) is 34.3 Å². The zero-order valence-corrected chi connectivity index (χ0v) is 20.6. The molecular formula is C23H30N6O4S. The lowest BCUT2D eigenvalue weighted by molar-refractivity contribution is 0.0694. The molecule has 2 aromatic rings. The van der Waals surface area contributed by atoms with Crippen LogP contribution in [0.3, 0.4) is 0 Å². The van der Waals surface area contributed by atoms with Crippen LogP contribution < -0.4 is 16.4 Å². The summed E-state index contributed by atoms with van der Waals surface area (Å²) in [6, 6.07) is 6.93. The van der Waals surface area contributed by atoms with E-state index in [9.17, 15) is 19.5 Å². The van der Waals surface area contributed by atoms with Crippen LogP contribution in [0, 0.1) is 0 Å². The van der Waals surface area contributed by atoms with E-state index in [1.54, 1.807) is 32.6 Å². The molecule has 11 heteroatoms. The summed E-state index contributed by atoms with van der Waals surface area (Å²) in [5.74, 6) is -1.17. The van der Waals surface area contributed by atoms with Gasteiger partial charge in [0.15, 0.2) is 11.3 Å². The standard InChI is InChI=1S/C23H30N6O4S/c1-5-13(6-2)29-15-12-10-9-11-14(15)16(21(31)32)17(20(29)30)34-22-24-18-19(25-26-22)28(8-4)23(33)27(18)7-3/h9-13,18-19,25H,5-8H2,1-4H3,(H,24,26)(H,31,32). The Morgan fingerprint density at radius 2 is 1.79 bits per heavy atom. The molecule has 1 aromatic carbocycles. The van der Waals surface area contributed by atoms with Gasteiger partial charge in [0.2, 0.25) is 0 Å². The maximum absolute atomic E-state index is 13.7. The van der Waals surface area contributed by atoms with E-state index in [2.05, 4.69) is 10.9 Å². The first-order valence-corrected chi connectivity index (χ1v) is 12.4. The van der Waals surface area contributed by atoms with Crippen LogP contribution in [0.1, 0.15) is 56.9 Å². The van der Waals surface area contributed by atoms with Gasteiger partial charge >= 0.3 is 12.0 Å². The number of amides is 2. The molecule has 2 amide bonds. The van der Waals surface area contributed by atoms with Crippen LogP contribution in [-0.4, -0.2) is 62.1 Å². The molecule has 3 heterocycles. The van der Waals surface area contributed by atoms with E-state index in [4.69, 9.17) is 4.99 Å². The summed E-state index contributed by atoms with van der Waals surface area (Å²) in [6.45, 7) is 8.83. The predicted molar refractivity (Wildman–Crippen MR) is 132 cm³/mol. The number of aromatic nitrogens is 1. The molecular weight excluding hydrogens is 456 g/mol. The van der Waals surface area contributed by atoms with Crippen LogP contribution in [0.15, 0.2) is 38.9 Å². The van der Waals surface area contributed by atoms with Gasteiger partial charge in [-0.15, -0.1) is 0 Å². The average molecular weight is 487 g/mol. The van der Waals surface area contributed by atoms with Gasteiger partial charge in [-0.25, -0.2) is 20.0 Å². The number of pyridine rings is 1. The number of thioether (sulfide) groups is 1. The summed E-state index contributed by atoms with van der Waals surface area (Å²) < 4.78 is 1.71. The number of likely N-dealkylation sites (N-methyl/N-ethyl adjacent to an activating group) is 2. The van der Waals surface area contributed by atoms with Crippen LogP contribution >= 0.6 is 11.8 Å². The van der Waals surface area contributed by atoms with Crippen molar-refractivity contribution in [1.29, 1.82) is 0 Å². The molecule has 1 aromatic heterocycles. The topological polar surface area (TPSA) is 119 Å². The van der Waals surface area contributed by atoms with Crippen molar-refractivity contribution in [2.45, 2.75) is 63.8 Å². The van der Waals surface area contributed by atoms with Crippen LogP contribution in [0.4, 0.5) is 4.79 Å². The number of rotatable bonds is 7. The van der Waals surface area contributed by atoms with E-state index in [0.717, 1.165) is 24.6 Å². The number of hydrazine groups is 1. The molecule has 0 radical (unpaired) electrons. The maximum atomic E-state index is 13.7. The summed E-state index contributed by atoms with van der Waals surface area (Å²) >= 11 is 0.991. The molecule has 0 aliphatic carbocycles. The Labute approximate surface area is 202 Å². The zero-order valence-electron chi connectivity index (χ0n) is 19.7. The van der Waals surface area contributed by atoms with Gasteiger partial charge in [0.1, 0.15) is 6.17 Å². The van der Waals surface area contributed by atoms with Crippen LogP contribution in [0.5, 0.6) is 0 Å². The van der Waals surface area contributed by atoms with E-state index in [1.807, 2.05) is 33.8 Å². The normalized spacial score (nSPS) is 20.0. The van der Waals surface area contributed by atoms with Crippen molar-refractivity contribution in [3.8, 4) is 0 Å². The van der Waals surface area contributed by atoms with Crippen molar-refractivity contribution in [3.63, 3.8) is 0 Å². The first-order chi connectivity index (χ1) is 16.4. The number of aromatic carboxylic acids is 1. The Bertz CT molecular complexity index is 1210. The number of benzene rings is 1. The zero-order chi connectivity index (χ0) is 24.6. The number of hydrogen-bond donors (Lipinski definition) is 3. The molecule has 0 spiro atoms. The van der Waals surface area contributed by atoms with Crippen LogP contribution in [-0.2, 0) is 0 Å². The van der Waals surface area contributed by atoms with E-state index in [1.165, 1.54) is 0 Å². The molecule has 0 bridgehead atoms. The number of fused-ring (bicyclic) bond motifs is 2. The molecule has 182 valence electrons. The lowest BCUT2D eigenvalue weighted by Gasteiger charge is -2.31. The number of para-hydroxylation sites is 1. The fourth-order valence-electron chi connectivity index (χ4n) is 4.78. The number of urea groups is 1. The van der Waals surface area contributed by atoms with Crippen molar-refractivity contribution < 1.29 is 14.7 Å². The second-order valence-electron chi connectivity index (χ2n) is 8.19. The largest absolute Gasteiger partial charge is 0.478 e. The third-order valence-corrected chi connectivity index (χ3v) is 7.46. The lowest BCUT2D eigenvalue weighted by atomic mass is 10.1. The monoisotopic (exact) mass is 486 g/mol. The lowest BCUT2D eigenvalue weighted by Crippen LogP contribution is -2.58. The number of hydrogen-bond acceptors (Lipinski definition) is 7. The Kier molecular flexibility index (Phi) is 6.85. The highest BCUT2D eigenvalue weighted by molar-refractivity contribution is 8.13. The van der Waals surface area contributed by atoms with Gasteiger partial charge < -0.3 is 14.6 Å². The van der Waals surface area contributed by atoms with Gasteiger partial charge in [0.05, 0.1) is 16.0 Å². The molecule has 3 N–H and O–H groups in total. The molecule has 10 nitrogen and oxygen atoms in total.